The van der Waals surface area contributed by atoms with Crippen LogP contribution in [0, 0.1) is 24.1 Å². The summed E-state index contributed by atoms with van der Waals surface area (Å²) in [5.41, 5.74) is 2.52. The Morgan fingerprint density at radius 1 is 1.14 bits per heavy atom. The maximum absolute atomic E-state index is 15.7. The van der Waals surface area contributed by atoms with Gasteiger partial charge in [-0.15, -0.1) is 5.10 Å². The first-order valence-electron chi connectivity index (χ1n) is 12.2. The summed E-state index contributed by atoms with van der Waals surface area (Å²) in [6, 6.07) is 6.10. The standard InChI is InChI=1S/C24H29FN10/c1-15-12-27-23-22(28-17-3-4-17)30-24(31-35(15)23)29-19-9-16(11-26)10-20(21(19)25)34-13-18(14-34)33-7-5-32(2)6-8-33/h9-10,12,17-18H,3-8,13-14H2,1-2H3,(H2,28,29,30,31). The number of fused-ring (bicyclic) bond motifs is 1. The van der Waals surface area contributed by atoms with Crippen molar-refractivity contribution >= 4 is 28.8 Å². The molecule has 11 heteroatoms. The second kappa shape index (κ2) is 8.62. The van der Waals surface area contributed by atoms with Crippen molar-refractivity contribution in [2.45, 2.75) is 31.8 Å². The number of piperazine rings is 1. The molecule has 1 aliphatic carbocycles. The zero-order valence-corrected chi connectivity index (χ0v) is 20.0. The Bertz CT molecular complexity index is 1300. The van der Waals surface area contributed by atoms with Crippen LogP contribution in [0.4, 0.5) is 27.5 Å². The van der Waals surface area contributed by atoms with Crippen molar-refractivity contribution in [2.75, 3.05) is 61.8 Å². The SMILES string of the molecule is Cc1cnc2c(NC3CC3)nc(Nc3cc(C#N)cc(N4CC(N5CCN(C)CC5)C4)c3F)nn12. The molecule has 3 fully saturated rings. The van der Waals surface area contributed by atoms with Gasteiger partial charge in [0.05, 0.1) is 34.9 Å². The molecule has 182 valence electrons. The molecule has 0 bridgehead atoms. The van der Waals surface area contributed by atoms with Gasteiger partial charge in [0.1, 0.15) is 0 Å². The number of hydrogen-bond donors (Lipinski definition) is 2. The Balaban J connectivity index is 1.26. The molecule has 6 rings (SSSR count). The maximum atomic E-state index is 15.7. The van der Waals surface area contributed by atoms with Gasteiger partial charge in [-0.3, -0.25) is 4.90 Å². The fourth-order valence-electron chi connectivity index (χ4n) is 4.75. The van der Waals surface area contributed by atoms with E-state index < -0.39 is 5.82 Å². The third-order valence-electron chi connectivity index (χ3n) is 7.14. The summed E-state index contributed by atoms with van der Waals surface area (Å²) in [5.74, 6) is 0.470. The van der Waals surface area contributed by atoms with E-state index in [1.54, 1.807) is 16.8 Å². The molecule has 2 saturated heterocycles. The number of nitrogens with one attached hydrogen (secondary N) is 2. The first-order valence-corrected chi connectivity index (χ1v) is 12.2. The smallest absolute Gasteiger partial charge is 0.247 e. The highest BCUT2D eigenvalue weighted by Crippen LogP contribution is 2.34. The Morgan fingerprint density at radius 2 is 1.91 bits per heavy atom. The summed E-state index contributed by atoms with van der Waals surface area (Å²) in [7, 11) is 2.14. The van der Waals surface area contributed by atoms with Crippen LogP contribution in [0.2, 0.25) is 0 Å². The fourth-order valence-corrected chi connectivity index (χ4v) is 4.75. The lowest BCUT2D eigenvalue weighted by atomic mass is 10.0. The van der Waals surface area contributed by atoms with Crippen molar-refractivity contribution in [3.8, 4) is 6.07 Å². The first kappa shape index (κ1) is 22.0. The molecule has 0 unspecified atom stereocenters. The number of nitriles is 1. The molecule has 2 aromatic heterocycles. The van der Waals surface area contributed by atoms with Crippen molar-refractivity contribution in [2.24, 2.45) is 0 Å². The lowest BCUT2D eigenvalue weighted by molar-refractivity contribution is 0.0961. The van der Waals surface area contributed by atoms with Gasteiger partial charge in [0.2, 0.25) is 5.95 Å². The van der Waals surface area contributed by atoms with Crippen LogP contribution in [-0.4, -0.2) is 87.8 Å². The number of hydrogen-bond acceptors (Lipinski definition) is 9. The molecule has 1 aromatic carbocycles. The Labute approximate surface area is 203 Å². The number of aryl methyl sites for hydroxylation is 1. The molecule has 3 aromatic rings. The van der Waals surface area contributed by atoms with E-state index in [9.17, 15) is 5.26 Å². The van der Waals surface area contributed by atoms with Crippen molar-refractivity contribution in [1.29, 1.82) is 5.26 Å². The number of aromatic nitrogens is 4. The van der Waals surface area contributed by atoms with Crippen LogP contribution in [0.15, 0.2) is 18.3 Å². The molecule has 2 N–H and O–H groups in total. The van der Waals surface area contributed by atoms with E-state index in [4.69, 9.17) is 0 Å². The molecule has 0 atom stereocenters. The molecular formula is C24H29FN10. The first-order chi connectivity index (χ1) is 17.0. The van der Waals surface area contributed by atoms with Gasteiger partial charge in [0, 0.05) is 51.4 Å². The maximum Gasteiger partial charge on any atom is 0.247 e. The van der Waals surface area contributed by atoms with Gasteiger partial charge in [0.15, 0.2) is 17.3 Å². The Hall–Kier alpha value is -3.49. The van der Waals surface area contributed by atoms with Gasteiger partial charge >= 0.3 is 0 Å². The van der Waals surface area contributed by atoms with E-state index in [2.05, 4.69) is 48.6 Å². The van der Waals surface area contributed by atoms with E-state index in [0.717, 1.165) is 57.8 Å². The Kier molecular flexibility index (Phi) is 5.42. The molecule has 4 heterocycles. The molecule has 0 amide bonds. The number of benzene rings is 1. The van der Waals surface area contributed by atoms with Gasteiger partial charge in [-0.1, -0.05) is 0 Å². The summed E-state index contributed by atoms with van der Waals surface area (Å²) in [6.45, 7) is 7.60. The van der Waals surface area contributed by atoms with E-state index in [-0.39, 0.29) is 11.6 Å². The average molecular weight is 477 g/mol. The molecule has 0 spiro atoms. The van der Waals surface area contributed by atoms with Crippen LogP contribution in [-0.2, 0) is 0 Å². The van der Waals surface area contributed by atoms with E-state index in [1.165, 1.54) is 6.07 Å². The summed E-state index contributed by atoms with van der Waals surface area (Å²) in [5, 5.41) is 20.6. The molecule has 10 nitrogen and oxygen atoms in total. The van der Waals surface area contributed by atoms with Gasteiger partial charge in [-0.25, -0.2) is 13.9 Å². The number of imidazole rings is 1. The van der Waals surface area contributed by atoms with Crippen LogP contribution < -0.4 is 15.5 Å². The predicted octanol–water partition coefficient (Wildman–Crippen LogP) is 2.20. The molecule has 1 saturated carbocycles. The van der Waals surface area contributed by atoms with Crippen LogP contribution in [0.25, 0.3) is 5.65 Å². The molecule has 2 aliphatic heterocycles. The largest absolute Gasteiger partial charge is 0.366 e. The lowest BCUT2D eigenvalue weighted by Gasteiger charge is -2.49. The minimum absolute atomic E-state index is 0.191. The van der Waals surface area contributed by atoms with Crippen LogP contribution >= 0.6 is 0 Å². The highest BCUT2D eigenvalue weighted by Gasteiger charge is 2.35. The zero-order valence-electron chi connectivity index (χ0n) is 20.0. The monoisotopic (exact) mass is 476 g/mol. The second-order valence-electron chi connectivity index (χ2n) is 9.83. The summed E-state index contributed by atoms with van der Waals surface area (Å²) in [4.78, 5) is 15.8. The average Bonchev–Trinajstić information content (AvgIpc) is 3.56. The number of halogens is 1. The molecule has 0 radical (unpaired) electrons. The number of nitrogens with zero attached hydrogens (tertiary/aromatic N) is 8. The zero-order chi connectivity index (χ0) is 24.1. The van der Waals surface area contributed by atoms with Gasteiger partial charge in [-0.05, 0) is 38.9 Å². The van der Waals surface area contributed by atoms with Crippen molar-refractivity contribution in [3.63, 3.8) is 0 Å². The number of rotatable bonds is 6. The van der Waals surface area contributed by atoms with E-state index in [0.29, 0.717) is 34.8 Å². The minimum atomic E-state index is -0.399. The van der Waals surface area contributed by atoms with Gasteiger partial charge in [0.25, 0.3) is 0 Å². The third kappa shape index (κ3) is 4.24. The van der Waals surface area contributed by atoms with E-state index in [1.807, 2.05) is 11.8 Å². The highest BCUT2D eigenvalue weighted by molar-refractivity contribution is 5.70. The Morgan fingerprint density at radius 3 is 2.63 bits per heavy atom. The highest BCUT2D eigenvalue weighted by atomic mass is 19.1. The summed E-state index contributed by atoms with van der Waals surface area (Å²) >= 11 is 0. The fraction of sp³-hybridized carbons (Fsp3) is 0.500. The molecular weight excluding hydrogens is 447 g/mol. The third-order valence-corrected chi connectivity index (χ3v) is 7.14. The van der Waals surface area contributed by atoms with Crippen molar-refractivity contribution in [3.05, 3.63) is 35.4 Å². The summed E-state index contributed by atoms with van der Waals surface area (Å²) in [6.07, 6.45) is 3.92. The minimum Gasteiger partial charge on any atom is -0.366 e. The predicted molar refractivity (Wildman–Crippen MR) is 132 cm³/mol. The van der Waals surface area contributed by atoms with Crippen LogP contribution in [0.5, 0.6) is 0 Å². The van der Waals surface area contributed by atoms with Gasteiger partial charge in [-0.2, -0.15) is 10.2 Å². The second-order valence-corrected chi connectivity index (χ2v) is 9.83. The summed E-state index contributed by atoms with van der Waals surface area (Å²) < 4.78 is 17.4. The topological polar surface area (TPSA) is 101 Å². The molecule has 35 heavy (non-hydrogen) atoms. The van der Waals surface area contributed by atoms with Crippen LogP contribution in [0.1, 0.15) is 24.1 Å². The van der Waals surface area contributed by atoms with Crippen molar-refractivity contribution in [1.82, 2.24) is 29.4 Å². The quantitative estimate of drug-likeness (QED) is 0.554. The normalized spacial score (nSPS) is 19.5. The lowest BCUT2D eigenvalue weighted by Crippen LogP contribution is -2.63. The van der Waals surface area contributed by atoms with Crippen LogP contribution in [0.3, 0.4) is 0 Å². The molecule has 3 aliphatic rings. The number of anilines is 4. The number of likely N-dealkylation sites (N-methyl/N-ethyl adjacent to an activating group) is 1. The van der Waals surface area contributed by atoms with E-state index >= 15 is 4.39 Å². The van der Waals surface area contributed by atoms with Crippen molar-refractivity contribution < 1.29 is 4.39 Å². The van der Waals surface area contributed by atoms with Gasteiger partial charge < -0.3 is 20.4 Å².